The summed E-state index contributed by atoms with van der Waals surface area (Å²) in [6.07, 6.45) is 7.70. The Bertz CT molecular complexity index is 1100. The van der Waals surface area contributed by atoms with Gasteiger partial charge in [0.2, 0.25) is 0 Å². The van der Waals surface area contributed by atoms with Crippen LogP contribution in [-0.2, 0) is 6.54 Å². The Kier molecular flexibility index (Phi) is 5.93. The SMILES string of the molecule is N#Cc1ccc(/C=C/c2ccc(CN(c3ccccn3)c3ccccn3)cc2)cc1. The fourth-order valence-corrected chi connectivity index (χ4v) is 3.08. The van der Waals surface area contributed by atoms with E-state index in [1.165, 1.54) is 5.56 Å². The Balaban J connectivity index is 1.51. The summed E-state index contributed by atoms with van der Waals surface area (Å²) in [6.45, 7) is 0.674. The average molecular weight is 388 g/mol. The average Bonchev–Trinajstić information content (AvgIpc) is 2.83. The van der Waals surface area contributed by atoms with E-state index in [0.717, 1.165) is 22.8 Å². The van der Waals surface area contributed by atoms with Crippen molar-refractivity contribution in [1.82, 2.24) is 9.97 Å². The lowest BCUT2D eigenvalue weighted by molar-refractivity contribution is 0.923. The summed E-state index contributed by atoms with van der Waals surface area (Å²) >= 11 is 0. The van der Waals surface area contributed by atoms with Gasteiger partial charge in [0.05, 0.1) is 18.2 Å². The predicted octanol–water partition coefficient (Wildman–Crippen LogP) is 5.86. The van der Waals surface area contributed by atoms with Crippen molar-refractivity contribution < 1.29 is 0 Å². The molecule has 0 radical (unpaired) electrons. The molecular formula is C26H20N4. The molecule has 0 aliphatic carbocycles. The van der Waals surface area contributed by atoms with Crippen LogP contribution < -0.4 is 4.90 Å². The Morgan fingerprint density at radius 1 is 0.700 bits per heavy atom. The first-order valence-corrected chi connectivity index (χ1v) is 9.68. The molecule has 144 valence electrons. The van der Waals surface area contributed by atoms with E-state index in [1.54, 1.807) is 12.4 Å². The minimum Gasteiger partial charge on any atom is -0.307 e. The normalized spacial score (nSPS) is 10.6. The smallest absolute Gasteiger partial charge is 0.134 e. The van der Waals surface area contributed by atoms with Crippen LogP contribution in [0.4, 0.5) is 11.6 Å². The van der Waals surface area contributed by atoms with Crippen LogP contribution >= 0.6 is 0 Å². The van der Waals surface area contributed by atoms with Gasteiger partial charge in [-0.05, 0) is 53.1 Å². The van der Waals surface area contributed by atoms with Crippen molar-refractivity contribution in [3.63, 3.8) is 0 Å². The molecule has 0 saturated carbocycles. The molecule has 4 rings (SSSR count). The summed E-state index contributed by atoms with van der Waals surface area (Å²) < 4.78 is 0. The molecule has 0 fully saturated rings. The lowest BCUT2D eigenvalue weighted by Crippen LogP contribution is -2.18. The summed E-state index contributed by atoms with van der Waals surface area (Å²) in [4.78, 5) is 11.1. The summed E-state index contributed by atoms with van der Waals surface area (Å²) in [7, 11) is 0. The maximum Gasteiger partial charge on any atom is 0.134 e. The molecule has 4 nitrogen and oxygen atoms in total. The Hall–Kier alpha value is -4.23. The number of hydrogen-bond acceptors (Lipinski definition) is 4. The second kappa shape index (κ2) is 9.31. The molecule has 0 spiro atoms. The van der Waals surface area contributed by atoms with Crippen molar-refractivity contribution in [2.75, 3.05) is 4.90 Å². The van der Waals surface area contributed by atoms with E-state index < -0.39 is 0 Å². The molecule has 0 bridgehead atoms. The van der Waals surface area contributed by atoms with Crippen molar-refractivity contribution in [2.24, 2.45) is 0 Å². The van der Waals surface area contributed by atoms with Gasteiger partial charge in [0.1, 0.15) is 11.6 Å². The van der Waals surface area contributed by atoms with Gasteiger partial charge in [0, 0.05) is 12.4 Å². The number of anilines is 2. The van der Waals surface area contributed by atoms with Crippen molar-refractivity contribution in [2.45, 2.75) is 6.54 Å². The highest BCUT2D eigenvalue weighted by atomic mass is 15.2. The largest absolute Gasteiger partial charge is 0.307 e. The van der Waals surface area contributed by atoms with E-state index in [9.17, 15) is 0 Å². The molecule has 0 saturated heterocycles. The molecule has 2 aromatic heterocycles. The molecule has 0 atom stereocenters. The van der Waals surface area contributed by atoms with E-state index in [1.807, 2.05) is 66.7 Å². The predicted molar refractivity (Wildman–Crippen MR) is 121 cm³/mol. The van der Waals surface area contributed by atoms with Crippen LogP contribution in [0.25, 0.3) is 12.2 Å². The molecule has 30 heavy (non-hydrogen) atoms. The maximum atomic E-state index is 8.89. The highest BCUT2D eigenvalue weighted by Gasteiger charge is 2.12. The van der Waals surface area contributed by atoms with Gasteiger partial charge in [-0.25, -0.2) is 9.97 Å². The van der Waals surface area contributed by atoms with Crippen LogP contribution in [0.3, 0.4) is 0 Å². The zero-order valence-corrected chi connectivity index (χ0v) is 16.4. The monoisotopic (exact) mass is 388 g/mol. The highest BCUT2D eigenvalue weighted by Crippen LogP contribution is 2.23. The van der Waals surface area contributed by atoms with E-state index in [4.69, 9.17) is 5.26 Å². The number of hydrogen-bond donors (Lipinski definition) is 0. The van der Waals surface area contributed by atoms with Crippen LogP contribution in [0, 0.1) is 11.3 Å². The maximum absolute atomic E-state index is 8.89. The molecule has 0 amide bonds. The number of pyridine rings is 2. The van der Waals surface area contributed by atoms with Gasteiger partial charge in [-0.2, -0.15) is 5.26 Å². The van der Waals surface area contributed by atoms with Crippen molar-refractivity contribution >= 4 is 23.8 Å². The summed E-state index contributed by atoms with van der Waals surface area (Å²) in [5.41, 5.74) is 4.02. The first-order chi connectivity index (χ1) is 14.8. The molecule has 0 N–H and O–H groups in total. The molecule has 4 heteroatoms. The van der Waals surface area contributed by atoms with Gasteiger partial charge < -0.3 is 4.90 Å². The quantitative estimate of drug-likeness (QED) is 0.388. The third-order valence-electron chi connectivity index (χ3n) is 4.68. The second-order valence-electron chi connectivity index (χ2n) is 6.77. The van der Waals surface area contributed by atoms with Gasteiger partial charge in [0.15, 0.2) is 0 Å². The summed E-state index contributed by atoms with van der Waals surface area (Å²) in [6, 6.07) is 29.9. The molecule has 0 aliphatic heterocycles. The molecule has 0 aliphatic rings. The van der Waals surface area contributed by atoms with E-state index >= 15 is 0 Å². The Labute approximate surface area is 176 Å². The van der Waals surface area contributed by atoms with Crippen LogP contribution in [-0.4, -0.2) is 9.97 Å². The zero-order valence-electron chi connectivity index (χ0n) is 16.4. The van der Waals surface area contributed by atoms with Gasteiger partial charge in [0.25, 0.3) is 0 Å². The van der Waals surface area contributed by atoms with Crippen molar-refractivity contribution in [3.8, 4) is 6.07 Å². The van der Waals surface area contributed by atoms with Crippen molar-refractivity contribution in [1.29, 1.82) is 5.26 Å². The molecular weight excluding hydrogens is 368 g/mol. The van der Waals surface area contributed by atoms with Crippen LogP contribution in [0.1, 0.15) is 22.3 Å². The van der Waals surface area contributed by atoms with Crippen LogP contribution in [0.15, 0.2) is 97.3 Å². The van der Waals surface area contributed by atoms with Gasteiger partial charge >= 0.3 is 0 Å². The fourth-order valence-electron chi connectivity index (χ4n) is 3.08. The third-order valence-corrected chi connectivity index (χ3v) is 4.68. The molecule has 0 unspecified atom stereocenters. The number of aromatic nitrogens is 2. The molecule has 2 aromatic carbocycles. The standard InChI is InChI=1S/C26H20N4/c27-19-23-13-9-21(10-14-23)7-8-22-11-15-24(16-12-22)20-30(25-5-1-3-17-28-25)26-6-2-4-18-29-26/h1-18H,20H2/b8-7+. The van der Waals surface area contributed by atoms with E-state index in [-0.39, 0.29) is 0 Å². The minimum absolute atomic E-state index is 0.668. The van der Waals surface area contributed by atoms with Crippen molar-refractivity contribution in [3.05, 3.63) is 120 Å². The number of rotatable bonds is 6. The number of nitrogens with zero attached hydrogens (tertiary/aromatic N) is 4. The van der Waals surface area contributed by atoms with Gasteiger partial charge in [-0.3, -0.25) is 0 Å². The Morgan fingerprint density at radius 3 is 1.70 bits per heavy atom. The third kappa shape index (κ3) is 4.78. The first kappa shape index (κ1) is 19.1. The fraction of sp³-hybridized carbons (Fsp3) is 0.0385. The van der Waals surface area contributed by atoms with Crippen LogP contribution in [0.5, 0.6) is 0 Å². The van der Waals surface area contributed by atoms with E-state index in [0.29, 0.717) is 12.1 Å². The summed E-state index contributed by atoms with van der Waals surface area (Å²) in [5, 5.41) is 8.89. The van der Waals surface area contributed by atoms with Gasteiger partial charge in [-0.1, -0.05) is 60.7 Å². The lowest BCUT2D eigenvalue weighted by atomic mass is 10.1. The lowest BCUT2D eigenvalue weighted by Gasteiger charge is -2.22. The van der Waals surface area contributed by atoms with Gasteiger partial charge in [-0.15, -0.1) is 0 Å². The number of benzene rings is 2. The first-order valence-electron chi connectivity index (χ1n) is 9.68. The topological polar surface area (TPSA) is 52.8 Å². The minimum atomic E-state index is 0.668. The highest BCUT2D eigenvalue weighted by molar-refractivity contribution is 5.70. The van der Waals surface area contributed by atoms with Crippen LogP contribution in [0.2, 0.25) is 0 Å². The summed E-state index contributed by atoms with van der Waals surface area (Å²) in [5.74, 6) is 1.72. The second-order valence-corrected chi connectivity index (χ2v) is 6.77. The zero-order chi connectivity index (χ0) is 20.6. The Morgan fingerprint density at radius 2 is 1.23 bits per heavy atom. The number of nitriles is 1. The van der Waals surface area contributed by atoms with E-state index in [2.05, 4.69) is 51.3 Å². The molecule has 2 heterocycles. The molecule has 4 aromatic rings.